The molecule has 0 radical (unpaired) electrons. The average molecular weight is 224 g/mol. The predicted octanol–water partition coefficient (Wildman–Crippen LogP) is 3.15. The standard InChI is InChI=1S/C15H12O2/c1-2-15(16)17-14-11-5-3-4-10-13(14)12-8-6-7-9-12/h2-11H,1H2. The number of hydrogen-bond acceptors (Lipinski definition) is 2. The van der Waals surface area contributed by atoms with Crippen LogP contribution in [0.3, 0.4) is 0 Å². The molecule has 0 atom stereocenters. The van der Waals surface area contributed by atoms with Crippen LogP contribution in [-0.2, 0) is 9.53 Å². The van der Waals surface area contributed by atoms with Gasteiger partial charge in [0.15, 0.2) is 0 Å². The van der Waals surface area contributed by atoms with Crippen LogP contribution in [0.25, 0.3) is 0 Å². The maximum atomic E-state index is 11.3. The Morgan fingerprint density at radius 1 is 1.06 bits per heavy atom. The molecule has 0 saturated heterocycles. The second-order valence-electron chi connectivity index (χ2n) is 3.49. The van der Waals surface area contributed by atoms with E-state index in [1.807, 2.05) is 48.6 Å². The van der Waals surface area contributed by atoms with Crippen LogP contribution in [0.5, 0.6) is 0 Å². The van der Waals surface area contributed by atoms with E-state index in [1.54, 1.807) is 6.08 Å². The molecular weight excluding hydrogens is 212 g/mol. The molecule has 0 heterocycles. The molecule has 0 spiro atoms. The molecule has 17 heavy (non-hydrogen) atoms. The molecule has 0 aromatic carbocycles. The first kappa shape index (κ1) is 11.1. The lowest BCUT2D eigenvalue weighted by Gasteiger charge is -2.09. The molecule has 0 bridgehead atoms. The van der Waals surface area contributed by atoms with E-state index in [4.69, 9.17) is 4.74 Å². The average Bonchev–Trinajstić information content (AvgIpc) is 2.77. The maximum absolute atomic E-state index is 11.3. The Labute approximate surface area is 100 Å². The van der Waals surface area contributed by atoms with Gasteiger partial charge in [0.25, 0.3) is 0 Å². The van der Waals surface area contributed by atoms with Gasteiger partial charge >= 0.3 is 5.97 Å². The molecule has 0 saturated carbocycles. The van der Waals surface area contributed by atoms with Gasteiger partial charge in [-0.25, -0.2) is 4.79 Å². The van der Waals surface area contributed by atoms with Gasteiger partial charge in [0.2, 0.25) is 0 Å². The zero-order valence-corrected chi connectivity index (χ0v) is 9.30. The Bertz CT molecular complexity index is 509. The molecule has 2 aliphatic rings. The summed E-state index contributed by atoms with van der Waals surface area (Å²) in [6, 6.07) is 0. The highest BCUT2D eigenvalue weighted by molar-refractivity contribution is 5.83. The molecular formula is C15H12O2. The Balaban J connectivity index is 2.38. The van der Waals surface area contributed by atoms with Gasteiger partial charge < -0.3 is 4.74 Å². The van der Waals surface area contributed by atoms with Crippen molar-refractivity contribution >= 4 is 5.97 Å². The van der Waals surface area contributed by atoms with E-state index in [9.17, 15) is 4.79 Å². The maximum Gasteiger partial charge on any atom is 0.335 e. The van der Waals surface area contributed by atoms with E-state index in [2.05, 4.69) is 6.58 Å². The second kappa shape index (κ2) is 5.12. The summed E-state index contributed by atoms with van der Waals surface area (Å²) in [5.41, 5.74) is 1.91. The van der Waals surface area contributed by atoms with Crippen molar-refractivity contribution in [1.29, 1.82) is 0 Å². The summed E-state index contributed by atoms with van der Waals surface area (Å²) in [7, 11) is 0. The number of rotatable bonds is 2. The second-order valence-corrected chi connectivity index (χ2v) is 3.49. The number of esters is 1. The predicted molar refractivity (Wildman–Crippen MR) is 68.0 cm³/mol. The fraction of sp³-hybridized carbons (Fsp3) is 0. The van der Waals surface area contributed by atoms with Crippen molar-refractivity contribution in [2.45, 2.75) is 0 Å². The van der Waals surface area contributed by atoms with Crippen molar-refractivity contribution in [2.75, 3.05) is 0 Å². The van der Waals surface area contributed by atoms with Gasteiger partial charge in [0.1, 0.15) is 5.76 Å². The van der Waals surface area contributed by atoms with Gasteiger partial charge in [-0.3, -0.25) is 0 Å². The Morgan fingerprint density at radius 3 is 2.47 bits per heavy atom. The fourth-order valence-corrected chi connectivity index (χ4v) is 1.56. The fourth-order valence-electron chi connectivity index (χ4n) is 1.56. The molecule has 84 valence electrons. The van der Waals surface area contributed by atoms with E-state index in [-0.39, 0.29) is 0 Å². The molecule has 0 amide bonds. The van der Waals surface area contributed by atoms with Crippen LogP contribution in [0.2, 0.25) is 0 Å². The third-order valence-electron chi connectivity index (χ3n) is 2.35. The van der Waals surface area contributed by atoms with Gasteiger partial charge in [0.05, 0.1) is 0 Å². The van der Waals surface area contributed by atoms with Crippen LogP contribution in [0.1, 0.15) is 0 Å². The highest BCUT2D eigenvalue weighted by atomic mass is 16.5. The first-order valence-corrected chi connectivity index (χ1v) is 5.30. The molecule has 0 unspecified atom stereocenters. The topological polar surface area (TPSA) is 26.3 Å². The largest absolute Gasteiger partial charge is 0.423 e. The molecule has 2 nitrogen and oxygen atoms in total. The quantitative estimate of drug-likeness (QED) is 0.532. The van der Waals surface area contributed by atoms with Crippen LogP contribution in [-0.4, -0.2) is 5.97 Å². The van der Waals surface area contributed by atoms with Gasteiger partial charge in [-0.05, 0) is 11.6 Å². The molecule has 0 fully saturated rings. The summed E-state index contributed by atoms with van der Waals surface area (Å²) in [4.78, 5) is 11.3. The third kappa shape index (κ3) is 2.61. The lowest BCUT2D eigenvalue weighted by molar-refractivity contribution is -0.133. The molecule has 0 N–H and O–H groups in total. The first-order chi connectivity index (χ1) is 8.31. The number of ether oxygens (including phenoxy) is 1. The van der Waals surface area contributed by atoms with E-state index in [0.29, 0.717) is 5.76 Å². The minimum absolute atomic E-state index is 0.455. The van der Waals surface area contributed by atoms with E-state index in [1.165, 1.54) is 0 Å². The lowest BCUT2D eigenvalue weighted by Crippen LogP contribution is -2.02. The highest BCUT2D eigenvalue weighted by Crippen LogP contribution is 2.24. The number of hydrogen-bond donors (Lipinski definition) is 0. The van der Waals surface area contributed by atoms with E-state index >= 15 is 0 Å². The van der Waals surface area contributed by atoms with Crippen molar-refractivity contribution in [3.05, 3.63) is 84.2 Å². The van der Waals surface area contributed by atoms with Crippen molar-refractivity contribution in [1.82, 2.24) is 0 Å². The Hall–Kier alpha value is -2.35. The van der Waals surface area contributed by atoms with E-state index < -0.39 is 5.97 Å². The smallest absolute Gasteiger partial charge is 0.335 e. The molecule has 0 aliphatic heterocycles. The normalized spacial score (nSPS) is 17.1. The van der Waals surface area contributed by atoms with Gasteiger partial charge in [-0.15, -0.1) is 0 Å². The molecule has 2 aliphatic carbocycles. The monoisotopic (exact) mass is 224 g/mol. The zero-order chi connectivity index (χ0) is 12.1. The zero-order valence-electron chi connectivity index (χ0n) is 9.30. The van der Waals surface area contributed by atoms with Crippen LogP contribution < -0.4 is 0 Å². The number of carbonyl (C=O) groups excluding carboxylic acids is 1. The van der Waals surface area contributed by atoms with Crippen molar-refractivity contribution in [2.24, 2.45) is 0 Å². The summed E-state index contributed by atoms with van der Waals surface area (Å²) in [5, 5.41) is 0. The van der Waals surface area contributed by atoms with Crippen LogP contribution in [0, 0.1) is 0 Å². The Morgan fingerprint density at radius 2 is 1.76 bits per heavy atom. The number of allylic oxidation sites excluding steroid dienone is 10. The molecule has 0 aromatic rings. The summed E-state index contributed by atoms with van der Waals surface area (Å²) < 4.78 is 5.22. The summed E-state index contributed by atoms with van der Waals surface area (Å²) in [6.45, 7) is 3.39. The van der Waals surface area contributed by atoms with Crippen molar-refractivity contribution in [3.8, 4) is 0 Å². The van der Waals surface area contributed by atoms with Gasteiger partial charge in [-0.2, -0.15) is 0 Å². The van der Waals surface area contributed by atoms with Crippen molar-refractivity contribution in [3.63, 3.8) is 0 Å². The van der Waals surface area contributed by atoms with Crippen LogP contribution in [0.15, 0.2) is 84.2 Å². The SMILES string of the molecule is C=CC(=O)OC1=CC=CC=CC1=C1C=CC=C1. The summed E-state index contributed by atoms with van der Waals surface area (Å²) in [5.74, 6) is 0.0788. The van der Waals surface area contributed by atoms with Crippen LogP contribution in [0.4, 0.5) is 0 Å². The summed E-state index contributed by atoms with van der Waals surface area (Å²) in [6.07, 6.45) is 18.3. The van der Waals surface area contributed by atoms with E-state index in [0.717, 1.165) is 17.2 Å². The van der Waals surface area contributed by atoms with Crippen molar-refractivity contribution < 1.29 is 9.53 Å². The molecule has 2 rings (SSSR count). The minimum Gasteiger partial charge on any atom is -0.423 e. The number of carbonyl (C=O) groups is 1. The third-order valence-corrected chi connectivity index (χ3v) is 2.35. The minimum atomic E-state index is -0.455. The molecule has 0 aromatic heterocycles. The molecule has 2 heteroatoms. The summed E-state index contributed by atoms with van der Waals surface area (Å²) >= 11 is 0. The van der Waals surface area contributed by atoms with Gasteiger partial charge in [0, 0.05) is 11.6 Å². The van der Waals surface area contributed by atoms with Crippen LogP contribution >= 0.6 is 0 Å². The Kier molecular flexibility index (Phi) is 3.36. The van der Waals surface area contributed by atoms with Gasteiger partial charge in [-0.1, -0.05) is 55.2 Å². The lowest BCUT2D eigenvalue weighted by atomic mass is 10.1. The highest BCUT2D eigenvalue weighted by Gasteiger charge is 2.12. The first-order valence-electron chi connectivity index (χ1n) is 5.30.